The van der Waals surface area contributed by atoms with E-state index in [0.717, 1.165) is 5.52 Å². The van der Waals surface area contributed by atoms with Crippen LogP contribution < -0.4 is 5.32 Å². The van der Waals surface area contributed by atoms with Crippen LogP contribution in [-0.2, 0) is 4.84 Å². The van der Waals surface area contributed by atoms with Gasteiger partial charge < -0.3 is 15.1 Å². The Kier molecular flexibility index (Phi) is 2.72. The Morgan fingerprint density at radius 3 is 3.33 bits per heavy atom. The largest absolute Gasteiger partial charge is 0.399 e. The number of oxime groups is 1. The van der Waals surface area contributed by atoms with Crippen molar-refractivity contribution in [2.45, 2.75) is 0 Å². The molecule has 7 heteroatoms. The number of nitrogens with zero attached hydrogens (tertiary/aromatic N) is 4. The molecule has 0 fully saturated rings. The van der Waals surface area contributed by atoms with E-state index in [-0.39, 0.29) is 0 Å². The van der Waals surface area contributed by atoms with Gasteiger partial charge in [-0.05, 0) is 0 Å². The van der Waals surface area contributed by atoms with Crippen LogP contribution in [0.2, 0.25) is 0 Å². The molecule has 0 spiro atoms. The lowest BCUT2D eigenvalue weighted by Gasteiger charge is -2.01. The molecule has 2 aromatic heterocycles. The summed E-state index contributed by atoms with van der Waals surface area (Å²) in [6.07, 6.45) is 4.64. The van der Waals surface area contributed by atoms with E-state index in [1.54, 1.807) is 12.5 Å². The minimum Gasteiger partial charge on any atom is -0.399 e. The first-order chi connectivity index (χ1) is 7.42. The van der Waals surface area contributed by atoms with Gasteiger partial charge in [-0.1, -0.05) is 5.16 Å². The third-order valence-electron chi connectivity index (χ3n) is 1.76. The van der Waals surface area contributed by atoms with E-state index in [0.29, 0.717) is 18.0 Å². The van der Waals surface area contributed by atoms with Crippen molar-refractivity contribution in [2.75, 3.05) is 19.0 Å². The zero-order valence-corrected chi connectivity index (χ0v) is 8.14. The summed E-state index contributed by atoms with van der Waals surface area (Å²) in [4.78, 5) is 19.6. The molecule has 0 saturated carbocycles. The van der Waals surface area contributed by atoms with E-state index in [1.165, 1.54) is 13.4 Å². The van der Waals surface area contributed by atoms with Crippen LogP contribution >= 0.6 is 0 Å². The van der Waals surface area contributed by atoms with Gasteiger partial charge in [0, 0.05) is 0 Å². The minimum atomic E-state index is 0.527. The molecule has 0 unspecified atom stereocenters. The summed E-state index contributed by atoms with van der Waals surface area (Å²) in [5.74, 6) is 0.694. The maximum atomic E-state index is 4.53. The van der Waals surface area contributed by atoms with Crippen molar-refractivity contribution in [1.29, 1.82) is 0 Å². The molecular weight excluding hydrogens is 196 g/mol. The summed E-state index contributed by atoms with van der Waals surface area (Å²) in [5.41, 5.74) is 1.42. The molecule has 7 nitrogen and oxygen atoms in total. The second kappa shape index (κ2) is 4.36. The fourth-order valence-electron chi connectivity index (χ4n) is 1.15. The number of nitrogens with one attached hydrogen (secondary N) is 2. The predicted octanol–water partition coefficient (Wildman–Crippen LogP) is 0.397. The van der Waals surface area contributed by atoms with E-state index in [4.69, 9.17) is 0 Å². The Labute approximate surface area is 85.6 Å². The Hall–Kier alpha value is -2.18. The first-order valence-electron chi connectivity index (χ1n) is 4.34. The number of aromatic amines is 1. The quantitative estimate of drug-likeness (QED) is 0.558. The molecule has 2 N–H and O–H groups in total. The molecule has 0 amide bonds. The van der Waals surface area contributed by atoms with Crippen molar-refractivity contribution in [3.05, 3.63) is 12.7 Å². The second-order valence-corrected chi connectivity index (χ2v) is 2.67. The lowest BCUT2D eigenvalue weighted by Crippen LogP contribution is -2.05. The first kappa shape index (κ1) is 9.38. The average Bonchev–Trinajstić information content (AvgIpc) is 2.73. The summed E-state index contributed by atoms with van der Waals surface area (Å²) < 4.78 is 0. The molecule has 0 aromatic carbocycles. The van der Waals surface area contributed by atoms with E-state index in [1.807, 2.05) is 0 Å². The Bertz CT molecular complexity index is 465. The van der Waals surface area contributed by atoms with Crippen LogP contribution in [-0.4, -0.2) is 39.8 Å². The third kappa shape index (κ3) is 2.01. The molecule has 0 radical (unpaired) electrons. The fraction of sp³-hybridized carbons (Fsp3) is 0.250. The number of hydrogen-bond acceptors (Lipinski definition) is 6. The number of aromatic nitrogens is 4. The van der Waals surface area contributed by atoms with Crippen LogP contribution in [0.5, 0.6) is 0 Å². The van der Waals surface area contributed by atoms with E-state index in [9.17, 15) is 0 Å². The molecule has 2 heterocycles. The highest BCUT2D eigenvalue weighted by molar-refractivity contribution is 5.83. The van der Waals surface area contributed by atoms with Gasteiger partial charge in [0.25, 0.3) is 0 Å². The third-order valence-corrected chi connectivity index (χ3v) is 1.76. The van der Waals surface area contributed by atoms with Crippen molar-refractivity contribution in [1.82, 2.24) is 19.9 Å². The SMILES string of the molecule is CO/N=C/CNc1ncnc2nc[nH]c12. The monoisotopic (exact) mass is 206 g/mol. The molecule has 78 valence electrons. The van der Waals surface area contributed by atoms with Crippen LogP contribution in [0, 0.1) is 0 Å². The van der Waals surface area contributed by atoms with Gasteiger partial charge in [-0.15, -0.1) is 0 Å². The highest BCUT2D eigenvalue weighted by Crippen LogP contribution is 2.13. The van der Waals surface area contributed by atoms with Crippen LogP contribution in [0.4, 0.5) is 5.82 Å². The zero-order chi connectivity index (χ0) is 10.5. The van der Waals surface area contributed by atoms with Crippen molar-refractivity contribution < 1.29 is 4.84 Å². The Balaban J connectivity index is 2.13. The van der Waals surface area contributed by atoms with Crippen LogP contribution in [0.25, 0.3) is 11.2 Å². The second-order valence-electron chi connectivity index (χ2n) is 2.67. The predicted molar refractivity (Wildman–Crippen MR) is 55.7 cm³/mol. The summed E-state index contributed by atoms with van der Waals surface area (Å²) in [7, 11) is 1.49. The molecule has 15 heavy (non-hydrogen) atoms. The molecular formula is C8H10N6O. The van der Waals surface area contributed by atoms with Crippen LogP contribution in [0.15, 0.2) is 17.8 Å². The lowest BCUT2D eigenvalue weighted by atomic mass is 10.5. The van der Waals surface area contributed by atoms with Crippen LogP contribution in [0.3, 0.4) is 0 Å². The molecule has 0 saturated heterocycles. The van der Waals surface area contributed by atoms with Gasteiger partial charge in [0.2, 0.25) is 0 Å². The molecule has 0 bridgehead atoms. The van der Waals surface area contributed by atoms with Gasteiger partial charge in [0.15, 0.2) is 11.5 Å². The number of rotatable bonds is 4. The van der Waals surface area contributed by atoms with Crippen LogP contribution in [0.1, 0.15) is 0 Å². The van der Waals surface area contributed by atoms with E-state index < -0.39 is 0 Å². The van der Waals surface area contributed by atoms with Gasteiger partial charge in [0.05, 0.1) is 19.1 Å². The first-order valence-corrected chi connectivity index (χ1v) is 4.34. The molecule has 0 atom stereocenters. The maximum absolute atomic E-state index is 4.53. The van der Waals surface area contributed by atoms with Crippen molar-refractivity contribution in [2.24, 2.45) is 5.16 Å². The van der Waals surface area contributed by atoms with Gasteiger partial charge >= 0.3 is 0 Å². The van der Waals surface area contributed by atoms with Gasteiger partial charge in [-0.25, -0.2) is 15.0 Å². The molecule has 0 aliphatic rings. The fourth-order valence-corrected chi connectivity index (χ4v) is 1.15. The van der Waals surface area contributed by atoms with Crippen molar-refractivity contribution in [3.63, 3.8) is 0 Å². The number of anilines is 1. The van der Waals surface area contributed by atoms with E-state index >= 15 is 0 Å². The number of hydrogen-bond donors (Lipinski definition) is 2. The molecule has 0 aliphatic heterocycles. The maximum Gasteiger partial charge on any atom is 0.182 e. The van der Waals surface area contributed by atoms with Gasteiger partial charge in [0.1, 0.15) is 19.0 Å². The topological polar surface area (TPSA) is 88.1 Å². The number of fused-ring (bicyclic) bond motifs is 1. The summed E-state index contributed by atoms with van der Waals surface area (Å²) >= 11 is 0. The van der Waals surface area contributed by atoms with Gasteiger partial charge in [-0.2, -0.15) is 0 Å². The van der Waals surface area contributed by atoms with Crippen molar-refractivity contribution in [3.8, 4) is 0 Å². The standard InChI is InChI=1S/C8H10N6O/c1-15-14-3-2-9-7-6-8(11-4-10-6)13-5-12-7/h3-5H,2H2,1H3,(H2,9,10,11,12,13)/b14-3+. The Morgan fingerprint density at radius 1 is 1.53 bits per heavy atom. The number of imidazole rings is 1. The molecule has 2 rings (SSSR count). The highest BCUT2D eigenvalue weighted by Gasteiger charge is 2.03. The zero-order valence-electron chi connectivity index (χ0n) is 8.14. The summed E-state index contributed by atoms with van der Waals surface area (Å²) in [6.45, 7) is 0.527. The summed E-state index contributed by atoms with van der Waals surface area (Å²) in [5, 5.41) is 6.65. The number of H-pyrrole nitrogens is 1. The summed E-state index contributed by atoms with van der Waals surface area (Å²) in [6, 6.07) is 0. The smallest absolute Gasteiger partial charge is 0.182 e. The van der Waals surface area contributed by atoms with Gasteiger partial charge in [-0.3, -0.25) is 0 Å². The lowest BCUT2D eigenvalue weighted by molar-refractivity contribution is 0.215. The Morgan fingerprint density at radius 2 is 2.47 bits per heavy atom. The minimum absolute atomic E-state index is 0.527. The van der Waals surface area contributed by atoms with E-state index in [2.05, 4.69) is 35.2 Å². The average molecular weight is 206 g/mol. The molecule has 0 aliphatic carbocycles. The normalized spacial score (nSPS) is 11.0. The van der Waals surface area contributed by atoms with Crippen molar-refractivity contribution >= 4 is 23.2 Å². The molecule has 2 aromatic rings. The highest BCUT2D eigenvalue weighted by atomic mass is 16.6.